The van der Waals surface area contributed by atoms with E-state index in [0.717, 1.165) is 28.2 Å². The van der Waals surface area contributed by atoms with E-state index >= 15 is 0 Å². The number of pyridine rings is 1. The van der Waals surface area contributed by atoms with Crippen LogP contribution in [-0.4, -0.2) is 29.4 Å². The molecule has 2 aromatic heterocycles. The average Bonchev–Trinajstić information content (AvgIpc) is 3.14. The van der Waals surface area contributed by atoms with Crippen molar-refractivity contribution in [2.24, 2.45) is 0 Å². The number of benzene rings is 2. The standard InChI is InChI=1S/C21H16ClN3O2S/c1-28(26,27)19-8-6-18(7-9-19)25-21(16-2-4-17(22)5-3-16)14-20(24-25)15-10-12-23-13-11-15/h2-14H,1H3. The highest BCUT2D eigenvalue weighted by molar-refractivity contribution is 7.90. The highest BCUT2D eigenvalue weighted by Gasteiger charge is 2.14. The van der Waals surface area contributed by atoms with E-state index in [1.54, 1.807) is 41.3 Å². The van der Waals surface area contributed by atoms with Gasteiger partial charge in [-0.25, -0.2) is 13.1 Å². The molecule has 0 saturated carbocycles. The predicted molar refractivity (Wildman–Crippen MR) is 110 cm³/mol. The van der Waals surface area contributed by atoms with Crippen LogP contribution in [0.25, 0.3) is 28.2 Å². The summed E-state index contributed by atoms with van der Waals surface area (Å²) in [5.41, 5.74) is 4.31. The number of aromatic nitrogens is 3. The number of nitrogens with zero attached hydrogens (tertiary/aromatic N) is 3. The van der Waals surface area contributed by atoms with Crippen LogP contribution in [0.15, 0.2) is 84.0 Å². The molecule has 140 valence electrons. The molecule has 0 unspecified atom stereocenters. The first kappa shape index (κ1) is 18.4. The van der Waals surface area contributed by atoms with E-state index < -0.39 is 9.84 Å². The van der Waals surface area contributed by atoms with E-state index in [1.165, 1.54) is 6.26 Å². The van der Waals surface area contributed by atoms with Gasteiger partial charge in [0.2, 0.25) is 0 Å². The van der Waals surface area contributed by atoms with E-state index in [-0.39, 0.29) is 4.90 Å². The molecule has 28 heavy (non-hydrogen) atoms. The van der Waals surface area contributed by atoms with Crippen LogP contribution in [-0.2, 0) is 9.84 Å². The molecule has 0 aliphatic rings. The molecule has 7 heteroatoms. The third kappa shape index (κ3) is 3.69. The molecule has 0 N–H and O–H groups in total. The monoisotopic (exact) mass is 409 g/mol. The molecule has 0 amide bonds. The van der Waals surface area contributed by atoms with Gasteiger partial charge >= 0.3 is 0 Å². The van der Waals surface area contributed by atoms with Crippen molar-refractivity contribution in [3.63, 3.8) is 0 Å². The second-order valence-corrected chi connectivity index (χ2v) is 8.79. The summed E-state index contributed by atoms with van der Waals surface area (Å²) in [5.74, 6) is 0. The summed E-state index contributed by atoms with van der Waals surface area (Å²) in [6, 6.07) is 20.0. The molecule has 4 rings (SSSR count). The van der Waals surface area contributed by atoms with Crippen LogP contribution in [0.4, 0.5) is 0 Å². The van der Waals surface area contributed by atoms with Gasteiger partial charge in [0.25, 0.3) is 0 Å². The molecular weight excluding hydrogens is 394 g/mol. The van der Waals surface area contributed by atoms with Crippen LogP contribution in [0, 0.1) is 0 Å². The number of rotatable bonds is 4. The first-order valence-electron chi connectivity index (χ1n) is 8.49. The molecule has 0 atom stereocenters. The zero-order valence-electron chi connectivity index (χ0n) is 14.9. The van der Waals surface area contributed by atoms with Crippen LogP contribution in [0.5, 0.6) is 0 Å². The van der Waals surface area contributed by atoms with Gasteiger partial charge in [0.05, 0.1) is 22.0 Å². The lowest BCUT2D eigenvalue weighted by Crippen LogP contribution is -2.01. The molecule has 2 aromatic carbocycles. The van der Waals surface area contributed by atoms with Crippen LogP contribution in [0.1, 0.15) is 0 Å². The molecule has 0 aliphatic carbocycles. The fraction of sp³-hybridized carbons (Fsp3) is 0.0476. The highest BCUT2D eigenvalue weighted by atomic mass is 35.5. The van der Waals surface area contributed by atoms with Crippen LogP contribution in [0.2, 0.25) is 5.02 Å². The Kier molecular flexibility index (Phi) is 4.75. The molecule has 0 radical (unpaired) electrons. The van der Waals surface area contributed by atoms with E-state index in [0.29, 0.717) is 5.02 Å². The topological polar surface area (TPSA) is 64.8 Å². The van der Waals surface area contributed by atoms with Gasteiger partial charge in [-0.1, -0.05) is 23.7 Å². The van der Waals surface area contributed by atoms with Gasteiger partial charge in [-0.2, -0.15) is 5.10 Å². The summed E-state index contributed by atoms with van der Waals surface area (Å²) in [6.45, 7) is 0. The lowest BCUT2D eigenvalue weighted by molar-refractivity contribution is 0.602. The summed E-state index contributed by atoms with van der Waals surface area (Å²) in [5, 5.41) is 5.40. The third-order valence-electron chi connectivity index (χ3n) is 4.33. The van der Waals surface area contributed by atoms with Crippen molar-refractivity contribution in [1.29, 1.82) is 0 Å². The normalized spacial score (nSPS) is 11.5. The van der Waals surface area contributed by atoms with E-state index in [1.807, 2.05) is 42.5 Å². The summed E-state index contributed by atoms with van der Waals surface area (Å²) in [7, 11) is -3.26. The molecule has 0 bridgehead atoms. The summed E-state index contributed by atoms with van der Waals surface area (Å²) in [6.07, 6.45) is 4.63. The lowest BCUT2D eigenvalue weighted by atomic mass is 10.1. The smallest absolute Gasteiger partial charge is 0.175 e. The maximum atomic E-state index is 11.7. The highest BCUT2D eigenvalue weighted by Crippen LogP contribution is 2.29. The van der Waals surface area contributed by atoms with Crippen LogP contribution >= 0.6 is 11.6 Å². The van der Waals surface area contributed by atoms with E-state index in [4.69, 9.17) is 16.7 Å². The number of sulfone groups is 1. The third-order valence-corrected chi connectivity index (χ3v) is 5.72. The average molecular weight is 410 g/mol. The Morgan fingerprint density at radius 3 is 2.11 bits per heavy atom. The molecule has 0 aliphatic heterocycles. The maximum absolute atomic E-state index is 11.7. The van der Waals surface area contributed by atoms with Gasteiger partial charge in [-0.15, -0.1) is 0 Å². The molecule has 2 heterocycles. The second-order valence-electron chi connectivity index (χ2n) is 6.34. The SMILES string of the molecule is CS(=O)(=O)c1ccc(-n2nc(-c3ccncc3)cc2-c2ccc(Cl)cc2)cc1. The Hall–Kier alpha value is -2.96. The van der Waals surface area contributed by atoms with Gasteiger partial charge < -0.3 is 0 Å². The van der Waals surface area contributed by atoms with Gasteiger partial charge in [0, 0.05) is 34.8 Å². The quantitative estimate of drug-likeness (QED) is 0.491. The van der Waals surface area contributed by atoms with Crippen molar-refractivity contribution < 1.29 is 8.42 Å². The molecule has 0 spiro atoms. The predicted octanol–water partition coefficient (Wildman–Crippen LogP) is 4.66. The number of hydrogen-bond acceptors (Lipinski definition) is 4. The number of halogens is 1. The Bertz CT molecular complexity index is 1220. The fourth-order valence-electron chi connectivity index (χ4n) is 2.90. The van der Waals surface area contributed by atoms with Crippen molar-refractivity contribution >= 4 is 21.4 Å². The first-order valence-corrected chi connectivity index (χ1v) is 10.8. The van der Waals surface area contributed by atoms with Crippen molar-refractivity contribution in [2.75, 3.05) is 6.26 Å². The largest absolute Gasteiger partial charge is 0.265 e. The summed E-state index contributed by atoms with van der Waals surface area (Å²) in [4.78, 5) is 4.32. The molecular formula is C21H16ClN3O2S. The van der Waals surface area contributed by atoms with E-state index in [9.17, 15) is 8.42 Å². The summed E-state index contributed by atoms with van der Waals surface area (Å²) < 4.78 is 25.3. The minimum atomic E-state index is -3.26. The Morgan fingerprint density at radius 1 is 0.857 bits per heavy atom. The minimum absolute atomic E-state index is 0.269. The van der Waals surface area contributed by atoms with E-state index in [2.05, 4.69) is 4.98 Å². The molecule has 5 nitrogen and oxygen atoms in total. The first-order chi connectivity index (χ1) is 13.4. The van der Waals surface area contributed by atoms with Crippen molar-refractivity contribution in [3.05, 3.63) is 84.1 Å². The minimum Gasteiger partial charge on any atom is -0.265 e. The van der Waals surface area contributed by atoms with Gasteiger partial charge in [0.1, 0.15) is 0 Å². The Morgan fingerprint density at radius 2 is 1.50 bits per heavy atom. The molecule has 4 aromatic rings. The lowest BCUT2D eigenvalue weighted by Gasteiger charge is -2.08. The zero-order valence-corrected chi connectivity index (χ0v) is 16.5. The maximum Gasteiger partial charge on any atom is 0.175 e. The van der Waals surface area contributed by atoms with Crippen molar-refractivity contribution in [1.82, 2.24) is 14.8 Å². The number of hydrogen-bond donors (Lipinski definition) is 0. The van der Waals surface area contributed by atoms with Gasteiger partial charge in [-0.3, -0.25) is 4.98 Å². The van der Waals surface area contributed by atoms with Gasteiger partial charge in [-0.05, 0) is 54.6 Å². The van der Waals surface area contributed by atoms with Crippen molar-refractivity contribution in [2.45, 2.75) is 4.90 Å². The van der Waals surface area contributed by atoms with Crippen LogP contribution in [0.3, 0.4) is 0 Å². The van der Waals surface area contributed by atoms with Crippen molar-refractivity contribution in [3.8, 4) is 28.2 Å². The Balaban J connectivity index is 1.87. The fourth-order valence-corrected chi connectivity index (χ4v) is 3.66. The summed E-state index contributed by atoms with van der Waals surface area (Å²) >= 11 is 6.03. The Labute approximate surface area is 168 Å². The molecule has 0 fully saturated rings. The van der Waals surface area contributed by atoms with Gasteiger partial charge in [0.15, 0.2) is 9.84 Å². The van der Waals surface area contributed by atoms with Crippen LogP contribution < -0.4 is 0 Å². The second kappa shape index (κ2) is 7.22. The molecule has 0 saturated heterocycles. The zero-order chi connectivity index (χ0) is 19.7.